The van der Waals surface area contributed by atoms with Gasteiger partial charge in [0.25, 0.3) is 0 Å². The number of H-pyrrole nitrogens is 1. The van der Waals surface area contributed by atoms with Crippen molar-refractivity contribution in [3.05, 3.63) is 65.9 Å². The number of aromatic amines is 1. The predicted molar refractivity (Wildman–Crippen MR) is 95.6 cm³/mol. The van der Waals surface area contributed by atoms with Gasteiger partial charge in [0.05, 0.1) is 18.1 Å². The van der Waals surface area contributed by atoms with Gasteiger partial charge in [0.2, 0.25) is 5.91 Å². The molecule has 4 rings (SSSR count). The van der Waals surface area contributed by atoms with Crippen LogP contribution in [0.3, 0.4) is 0 Å². The summed E-state index contributed by atoms with van der Waals surface area (Å²) < 4.78 is 4.68. The van der Waals surface area contributed by atoms with Crippen LogP contribution in [0.15, 0.2) is 54.7 Å². The Labute approximate surface area is 145 Å². The highest BCUT2D eigenvalue weighted by atomic mass is 16.5. The Kier molecular flexibility index (Phi) is 3.57. The monoisotopic (exact) mass is 334 g/mol. The molecule has 2 N–H and O–H groups in total. The third-order valence-corrected chi connectivity index (χ3v) is 4.85. The molecule has 2 aromatic carbocycles. The minimum Gasteiger partial charge on any atom is -0.465 e. The molecular weight excluding hydrogens is 316 g/mol. The molecule has 0 unspecified atom stereocenters. The zero-order chi connectivity index (χ0) is 17.4. The first kappa shape index (κ1) is 15.4. The Balaban J connectivity index is 1.57. The lowest BCUT2D eigenvalue weighted by molar-refractivity contribution is -0.118. The van der Waals surface area contributed by atoms with Crippen LogP contribution in [0.4, 0.5) is 5.69 Å². The largest absolute Gasteiger partial charge is 0.465 e. The Hall–Kier alpha value is -3.08. The van der Waals surface area contributed by atoms with E-state index < -0.39 is 11.4 Å². The molecule has 0 radical (unpaired) electrons. The van der Waals surface area contributed by atoms with Crippen molar-refractivity contribution in [2.24, 2.45) is 0 Å². The third-order valence-electron chi connectivity index (χ3n) is 4.85. The van der Waals surface area contributed by atoms with Crippen molar-refractivity contribution in [2.45, 2.75) is 18.3 Å². The maximum absolute atomic E-state index is 12.9. The number of carbonyl (C=O) groups is 2. The number of hydrogen-bond donors (Lipinski definition) is 2. The van der Waals surface area contributed by atoms with Gasteiger partial charge < -0.3 is 15.0 Å². The number of hydrogen-bond acceptors (Lipinski definition) is 3. The summed E-state index contributed by atoms with van der Waals surface area (Å²) >= 11 is 0. The van der Waals surface area contributed by atoms with Crippen LogP contribution in [0.25, 0.3) is 10.9 Å². The Morgan fingerprint density at radius 3 is 2.48 bits per heavy atom. The molecule has 5 heteroatoms. The van der Waals surface area contributed by atoms with Crippen LogP contribution in [0.5, 0.6) is 0 Å². The predicted octanol–water partition coefficient (Wildman–Crippen LogP) is 3.62. The maximum Gasteiger partial charge on any atom is 0.337 e. The fourth-order valence-corrected chi connectivity index (χ4v) is 3.27. The van der Waals surface area contributed by atoms with Gasteiger partial charge in [0, 0.05) is 22.8 Å². The lowest BCUT2D eigenvalue weighted by Gasteiger charge is -2.15. The smallest absolute Gasteiger partial charge is 0.337 e. The van der Waals surface area contributed by atoms with Crippen LogP contribution in [0.2, 0.25) is 0 Å². The number of fused-ring (bicyclic) bond motifs is 1. The Bertz CT molecular complexity index is 952. The number of anilines is 1. The normalized spacial score (nSPS) is 14.9. The summed E-state index contributed by atoms with van der Waals surface area (Å²) in [5.74, 6) is -0.404. The van der Waals surface area contributed by atoms with Crippen molar-refractivity contribution in [1.82, 2.24) is 4.98 Å². The summed E-state index contributed by atoms with van der Waals surface area (Å²) in [5.41, 5.74) is 2.74. The molecular formula is C20H18N2O3. The number of nitrogens with one attached hydrogen (secondary N) is 2. The minimum absolute atomic E-state index is 0.0110. The lowest BCUT2D eigenvalue weighted by atomic mass is 9.94. The summed E-state index contributed by atoms with van der Waals surface area (Å²) in [7, 11) is 1.34. The van der Waals surface area contributed by atoms with Gasteiger partial charge >= 0.3 is 5.97 Å². The van der Waals surface area contributed by atoms with Crippen molar-refractivity contribution in [1.29, 1.82) is 0 Å². The summed E-state index contributed by atoms with van der Waals surface area (Å²) in [5, 5.41) is 4.07. The molecule has 0 saturated heterocycles. The van der Waals surface area contributed by atoms with Crippen LogP contribution in [0.1, 0.15) is 28.8 Å². The van der Waals surface area contributed by atoms with Crippen LogP contribution in [0, 0.1) is 0 Å². The number of carbonyl (C=O) groups excluding carboxylic acids is 2. The number of aromatic nitrogens is 1. The molecule has 1 aliphatic rings. The quantitative estimate of drug-likeness (QED) is 0.716. The minimum atomic E-state index is -0.472. The zero-order valence-corrected chi connectivity index (χ0v) is 13.8. The van der Waals surface area contributed by atoms with E-state index in [1.165, 1.54) is 7.11 Å². The number of esters is 1. The first-order chi connectivity index (χ1) is 12.1. The number of methoxy groups -OCH3 is 1. The van der Waals surface area contributed by atoms with E-state index in [2.05, 4.69) is 15.0 Å². The van der Waals surface area contributed by atoms with Crippen molar-refractivity contribution in [3.8, 4) is 0 Å². The fourth-order valence-electron chi connectivity index (χ4n) is 3.27. The SMILES string of the molecule is COC(=O)c1ccc(NC(=O)C2(c3c[nH]c4ccccc34)CC2)cc1. The van der Waals surface area contributed by atoms with Gasteiger partial charge in [-0.1, -0.05) is 18.2 Å². The standard InChI is InChI=1S/C20H18N2O3/c1-25-18(23)13-6-8-14(9-7-13)22-19(24)20(10-11-20)16-12-21-17-5-3-2-4-15(16)17/h2-9,12,21H,10-11H2,1H3,(H,22,24). The average molecular weight is 334 g/mol. The van der Waals surface area contributed by atoms with Gasteiger partial charge in [-0.2, -0.15) is 0 Å². The molecule has 0 bridgehead atoms. The number of amides is 1. The van der Waals surface area contributed by atoms with Crippen LogP contribution in [-0.4, -0.2) is 24.0 Å². The second-order valence-electron chi connectivity index (χ2n) is 6.35. The first-order valence-electron chi connectivity index (χ1n) is 8.20. The second kappa shape index (κ2) is 5.77. The van der Waals surface area contributed by atoms with Crippen molar-refractivity contribution >= 4 is 28.5 Å². The van der Waals surface area contributed by atoms with Crippen LogP contribution >= 0.6 is 0 Å². The Morgan fingerprint density at radius 1 is 1.08 bits per heavy atom. The summed E-state index contributed by atoms with van der Waals surface area (Å²) in [6.07, 6.45) is 3.61. The van der Waals surface area contributed by atoms with Crippen LogP contribution in [-0.2, 0) is 14.9 Å². The van der Waals surface area contributed by atoms with E-state index in [0.29, 0.717) is 11.3 Å². The summed E-state index contributed by atoms with van der Waals surface area (Å²) in [6, 6.07) is 14.7. The lowest BCUT2D eigenvalue weighted by Crippen LogP contribution is -2.27. The molecule has 1 aromatic heterocycles. The van der Waals surface area contributed by atoms with E-state index in [-0.39, 0.29) is 5.91 Å². The molecule has 1 heterocycles. The van der Waals surface area contributed by atoms with E-state index >= 15 is 0 Å². The third kappa shape index (κ3) is 2.58. The maximum atomic E-state index is 12.9. The highest BCUT2D eigenvalue weighted by Crippen LogP contribution is 2.51. The van der Waals surface area contributed by atoms with E-state index in [1.807, 2.05) is 30.5 Å². The molecule has 126 valence electrons. The number of ether oxygens (including phenoxy) is 1. The van der Waals surface area contributed by atoms with Crippen LogP contribution < -0.4 is 5.32 Å². The molecule has 3 aromatic rings. The molecule has 0 spiro atoms. The highest BCUT2D eigenvalue weighted by molar-refractivity contribution is 6.04. The van der Waals surface area contributed by atoms with Gasteiger partial charge in [-0.3, -0.25) is 4.79 Å². The average Bonchev–Trinajstić information content (AvgIpc) is 3.34. The zero-order valence-electron chi connectivity index (χ0n) is 13.8. The number of benzene rings is 2. The van der Waals surface area contributed by atoms with Crippen molar-refractivity contribution in [2.75, 3.05) is 12.4 Å². The van der Waals surface area contributed by atoms with Gasteiger partial charge in [-0.25, -0.2) is 4.79 Å². The first-order valence-corrected chi connectivity index (χ1v) is 8.20. The van der Waals surface area contributed by atoms with Gasteiger partial charge in [-0.15, -0.1) is 0 Å². The second-order valence-corrected chi connectivity index (χ2v) is 6.35. The van der Waals surface area contributed by atoms with Crippen molar-refractivity contribution in [3.63, 3.8) is 0 Å². The fraction of sp³-hybridized carbons (Fsp3) is 0.200. The highest BCUT2D eigenvalue weighted by Gasteiger charge is 2.52. The molecule has 5 nitrogen and oxygen atoms in total. The molecule has 0 aliphatic heterocycles. The van der Waals surface area contributed by atoms with Gasteiger partial charge in [-0.05, 0) is 48.7 Å². The number of para-hydroxylation sites is 1. The summed E-state index contributed by atoms with van der Waals surface area (Å²) in [4.78, 5) is 27.6. The molecule has 1 fully saturated rings. The topological polar surface area (TPSA) is 71.2 Å². The number of rotatable bonds is 4. The van der Waals surface area contributed by atoms with E-state index in [4.69, 9.17) is 0 Å². The van der Waals surface area contributed by atoms with E-state index in [1.54, 1.807) is 24.3 Å². The molecule has 1 aliphatic carbocycles. The molecule has 0 atom stereocenters. The summed E-state index contributed by atoms with van der Waals surface area (Å²) in [6.45, 7) is 0. The molecule has 25 heavy (non-hydrogen) atoms. The van der Waals surface area contributed by atoms with E-state index in [0.717, 1.165) is 29.3 Å². The van der Waals surface area contributed by atoms with Gasteiger partial charge in [0.15, 0.2) is 0 Å². The van der Waals surface area contributed by atoms with Gasteiger partial charge in [0.1, 0.15) is 0 Å². The molecule has 1 saturated carbocycles. The Morgan fingerprint density at radius 2 is 1.80 bits per heavy atom. The van der Waals surface area contributed by atoms with Crippen molar-refractivity contribution < 1.29 is 14.3 Å². The van der Waals surface area contributed by atoms with E-state index in [9.17, 15) is 9.59 Å². The molecule has 1 amide bonds.